The van der Waals surface area contributed by atoms with E-state index in [0.29, 0.717) is 16.6 Å². The van der Waals surface area contributed by atoms with Crippen LogP contribution >= 0.6 is 0 Å². The van der Waals surface area contributed by atoms with Crippen LogP contribution in [-0.4, -0.2) is 14.1 Å². The largest absolute Gasteiger partial charge is 0.334 e. The highest BCUT2D eigenvalue weighted by molar-refractivity contribution is 5.71. The lowest BCUT2D eigenvalue weighted by atomic mass is 10.4. The van der Waals surface area contributed by atoms with Crippen molar-refractivity contribution in [2.75, 3.05) is 0 Å². The Morgan fingerprint density at radius 1 is 1.53 bits per heavy atom. The summed E-state index contributed by atoms with van der Waals surface area (Å²) in [5.74, 6) is 0. The van der Waals surface area contributed by atoms with E-state index < -0.39 is 12.2 Å². The van der Waals surface area contributed by atoms with Gasteiger partial charge in [-0.1, -0.05) is 0 Å². The van der Waals surface area contributed by atoms with Gasteiger partial charge in [0.1, 0.15) is 0 Å². The predicted octanol–water partition coefficient (Wildman–Crippen LogP) is 1.61. The van der Waals surface area contributed by atoms with E-state index in [0.717, 1.165) is 0 Å². The van der Waals surface area contributed by atoms with E-state index in [9.17, 15) is 13.6 Å². The van der Waals surface area contributed by atoms with Gasteiger partial charge in [-0.05, 0) is 19.1 Å². The van der Waals surface area contributed by atoms with Crippen LogP contribution in [0.3, 0.4) is 0 Å². The van der Waals surface area contributed by atoms with Crippen molar-refractivity contribution in [1.29, 1.82) is 0 Å². The monoisotopic (exact) mass is 213 g/mol. The zero-order valence-corrected chi connectivity index (χ0v) is 8.02. The van der Waals surface area contributed by atoms with Gasteiger partial charge in [0.15, 0.2) is 5.65 Å². The van der Waals surface area contributed by atoms with Crippen LogP contribution in [0.4, 0.5) is 8.78 Å². The number of rotatable bonds is 2. The highest BCUT2D eigenvalue weighted by Gasteiger charge is 2.18. The van der Waals surface area contributed by atoms with Crippen LogP contribution in [0.2, 0.25) is 0 Å². The molecule has 15 heavy (non-hydrogen) atoms. The molecule has 0 aliphatic heterocycles. The quantitative estimate of drug-likeness (QED) is 0.760. The standard InChI is InChI=1S/C9H9F2N3O/c1-2-13-6-4-3-5-12-7(6)14(8(10)11)9(13)15/h3-5,8H,2H2,1H3. The van der Waals surface area contributed by atoms with E-state index in [4.69, 9.17) is 0 Å². The van der Waals surface area contributed by atoms with Crippen molar-refractivity contribution >= 4 is 11.2 Å². The molecule has 0 aromatic carbocycles. The SMILES string of the molecule is CCn1c(=O)n(C(F)F)c2ncccc21. The number of pyridine rings is 1. The lowest BCUT2D eigenvalue weighted by molar-refractivity contribution is 0.0697. The summed E-state index contributed by atoms with van der Waals surface area (Å²) in [5, 5.41) is 0. The van der Waals surface area contributed by atoms with Gasteiger partial charge in [-0.3, -0.25) is 4.57 Å². The summed E-state index contributed by atoms with van der Waals surface area (Å²) in [6.07, 6.45) is 1.39. The third-order valence-corrected chi connectivity index (χ3v) is 2.23. The first-order valence-corrected chi connectivity index (χ1v) is 4.50. The summed E-state index contributed by atoms with van der Waals surface area (Å²) in [5.41, 5.74) is -0.258. The number of halogens is 2. The fourth-order valence-corrected chi connectivity index (χ4v) is 1.59. The second-order valence-electron chi connectivity index (χ2n) is 3.02. The Bertz CT molecular complexity index is 544. The molecular weight excluding hydrogens is 204 g/mol. The van der Waals surface area contributed by atoms with Crippen molar-refractivity contribution in [3.63, 3.8) is 0 Å². The summed E-state index contributed by atoms with van der Waals surface area (Å²) in [4.78, 5) is 15.4. The molecule has 0 saturated heterocycles. The molecule has 0 aliphatic rings. The minimum atomic E-state index is -2.86. The first-order chi connectivity index (χ1) is 7.16. The first kappa shape index (κ1) is 9.82. The molecule has 4 nitrogen and oxygen atoms in total. The maximum atomic E-state index is 12.6. The summed E-state index contributed by atoms with van der Waals surface area (Å²) in [6.45, 7) is -0.785. The predicted molar refractivity (Wildman–Crippen MR) is 50.9 cm³/mol. The molecule has 0 radical (unpaired) electrons. The van der Waals surface area contributed by atoms with Crippen molar-refractivity contribution in [2.45, 2.75) is 20.0 Å². The van der Waals surface area contributed by atoms with Crippen LogP contribution < -0.4 is 5.69 Å². The summed E-state index contributed by atoms with van der Waals surface area (Å²) >= 11 is 0. The Balaban J connectivity index is 2.91. The Hall–Kier alpha value is -1.72. The van der Waals surface area contributed by atoms with E-state index in [1.165, 1.54) is 10.8 Å². The highest BCUT2D eigenvalue weighted by Crippen LogP contribution is 2.16. The van der Waals surface area contributed by atoms with Crippen LogP contribution in [0.5, 0.6) is 0 Å². The Morgan fingerprint density at radius 2 is 2.27 bits per heavy atom. The second-order valence-corrected chi connectivity index (χ2v) is 3.02. The lowest BCUT2D eigenvalue weighted by Crippen LogP contribution is -2.24. The molecule has 0 atom stereocenters. The molecule has 0 N–H and O–H groups in total. The van der Waals surface area contributed by atoms with E-state index in [1.807, 2.05) is 0 Å². The molecule has 2 rings (SSSR count). The minimum absolute atomic E-state index is 0.0272. The van der Waals surface area contributed by atoms with Crippen molar-refractivity contribution in [3.05, 3.63) is 28.8 Å². The summed E-state index contributed by atoms with van der Waals surface area (Å²) in [7, 11) is 0. The fraction of sp³-hybridized carbons (Fsp3) is 0.333. The minimum Gasteiger partial charge on any atom is -0.290 e. The molecule has 0 amide bonds. The van der Waals surface area contributed by atoms with Gasteiger partial charge >= 0.3 is 12.2 Å². The number of hydrogen-bond acceptors (Lipinski definition) is 2. The summed E-state index contributed by atoms with van der Waals surface area (Å²) < 4.78 is 26.9. The van der Waals surface area contributed by atoms with Crippen molar-refractivity contribution in [3.8, 4) is 0 Å². The van der Waals surface area contributed by atoms with Gasteiger partial charge in [-0.15, -0.1) is 0 Å². The number of nitrogens with zero attached hydrogens (tertiary/aromatic N) is 3. The Labute approximate surface area is 83.8 Å². The lowest BCUT2D eigenvalue weighted by Gasteiger charge is -1.97. The molecule has 0 saturated carbocycles. The smallest absolute Gasteiger partial charge is 0.290 e. The molecule has 0 fully saturated rings. The Kier molecular flexibility index (Phi) is 2.26. The maximum Gasteiger partial charge on any atom is 0.334 e. The van der Waals surface area contributed by atoms with Gasteiger partial charge in [0.25, 0.3) is 0 Å². The number of fused-ring (bicyclic) bond motifs is 1. The van der Waals surface area contributed by atoms with Crippen LogP contribution in [0.15, 0.2) is 23.1 Å². The molecule has 0 unspecified atom stereocenters. The number of aryl methyl sites for hydroxylation is 1. The molecule has 6 heteroatoms. The molecule has 0 aliphatic carbocycles. The van der Waals surface area contributed by atoms with Crippen LogP contribution in [0.25, 0.3) is 11.2 Å². The average molecular weight is 213 g/mol. The van der Waals surface area contributed by atoms with E-state index in [-0.39, 0.29) is 5.65 Å². The zero-order chi connectivity index (χ0) is 11.0. The maximum absolute atomic E-state index is 12.6. The van der Waals surface area contributed by atoms with Gasteiger partial charge in [-0.25, -0.2) is 14.3 Å². The van der Waals surface area contributed by atoms with E-state index >= 15 is 0 Å². The van der Waals surface area contributed by atoms with Crippen molar-refractivity contribution in [2.24, 2.45) is 0 Å². The second kappa shape index (κ2) is 3.45. The number of imidazole rings is 1. The zero-order valence-electron chi connectivity index (χ0n) is 8.02. The van der Waals surface area contributed by atoms with Gasteiger partial charge in [-0.2, -0.15) is 8.78 Å². The molecule has 0 spiro atoms. The van der Waals surface area contributed by atoms with Crippen LogP contribution in [0.1, 0.15) is 13.5 Å². The molecule has 2 aromatic rings. The normalized spacial score (nSPS) is 11.5. The Morgan fingerprint density at radius 3 is 2.87 bits per heavy atom. The van der Waals surface area contributed by atoms with Crippen LogP contribution in [0, 0.1) is 0 Å². The molecular formula is C9H9F2N3O. The first-order valence-electron chi connectivity index (χ1n) is 4.50. The van der Waals surface area contributed by atoms with Gasteiger partial charge in [0, 0.05) is 12.7 Å². The molecule has 80 valence electrons. The highest BCUT2D eigenvalue weighted by atomic mass is 19.3. The third-order valence-electron chi connectivity index (χ3n) is 2.23. The van der Waals surface area contributed by atoms with Crippen molar-refractivity contribution < 1.29 is 8.78 Å². The summed E-state index contributed by atoms with van der Waals surface area (Å²) in [6, 6.07) is 3.22. The number of hydrogen-bond donors (Lipinski definition) is 0. The van der Waals surface area contributed by atoms with Crippen LogP contribution in [-0.2, 0) is 6.54 Å². The molecule has 2 aromatic heterocycles. The number of alkyl halides is 2. The van der Waals surface area contributed by atoms with E-state index in [2.05, 4.69) is 4.98 Å². The third kappa shape index (κ3) is 1.33. The topological polar surface area (TPSA) is 39.8 Å². The van der Waals surface area contributed by atoms with Gasteiger partial charge in [0.2, 0.25) is 0 Å². The molecule has 0 bridgehead atoms. The average Bonchev–Trinajstić information content (AvgIpc) is 2.49. The van der Waals surface area contributed by atoms with Gasteiger partial charge < -0.3 is 0 Å². The molecule has 2 heterocycles. The van der Waals surface area contributed by atoms with Gasteiger partial charge in [0.05, 0.1) is 5.52 Å². The number of aromatic nitrogens is 3. The fourth-order valence-electron chi connectivity index (χ4n) is 1.59. The van der Waals surface area contributed by atoms with E-state index in [1.54, 1.807) is 19.1 Å². The van der Waals surface area contributed by atoms with Crippen molar-refractivity contribution in [1.82, 2.24) is 14.1 Å².